The minimum absolute atomic E-state index is 0.0327. The number of fused-ring (bicyclic) bond motifs is 1. The first-order valence-electron chi connectivity index (χ1n) is 5.32. The smallest absolute Gasteiger partial charge is 0.323 e. The van der Waals surface area contributed by atoms with Gasteiger partial charge in [-0.15, -0.1) is 0 Å². The molecule has 1 aromatic rings. The van der Waals surface area contributed by atoms with Crippen molar-refractivity contribution in [1.29, 1.82) is 0 Å². The molecule has 2 amide bonds. The Kier molecular flexibility index (Phi) is 3.07. The molecule has 0 aromatic heterocycles. The van der Waals surface area contributed by atoms with Gasteiger partial charge in [0, 0.05) is 37.6 Å². The van der Waals surface area contributed by atoms with Crippen molar-refractivity contribution in [3.05, 3.63) is 28.8 Å². The Balaban J connectivity index is 2.46. The van der Waals surface area contributed by atoms with Crippen LogP contribution in [0, 0.1) is 0 Å². The van der Waals surface area contributed by atoms with E-state index in [2.05, 4.69) is 0 Å². The van der Waals surface area contributed by atoms with E-state index >= 15 is 0 Å². The van der Waals surface area contributed by atoms with E-state index < -0.39 is 0 Å². The van der Waals surface area contributed by atoms with E-state index in [4.69, 9.17) is 11.6 Å². The summed E-state index contributed by atoms with van der Waals surface area (Å²) in [6, 6.07) is 4.90. The minimum Gasteiger partial charge on any atom is -0.330 e. The van der Waals surface area contributed by atoms with Crippen LogP contribution in [-0.4, -0.2) is 37.4 Å². The monoisotopic (exact) mass is 252 g/mol. The first kappa shape index (κ1) is 11.9. The molecule has 0 spiro atoms. The fraction of sp³-hybridized carbons (Fsp3) is 0.333. The van der Waals surface area contributed by atoms with E-state index in [-0.39, 0.29) is 11.8 Å². The van der Waals surface area contributed by atoms with Crippen molar-refractivity contribution in [2.24, 2.45) is 0 Å². The molecule has 0 bridgehead atoms. The van der Waals surface area contributed by atoms with Crippen LogP contribution in [0.2, 0.25) is 5.02 Å². The zero-order valence-electron chi connectivity index (χ0n) is 9.74. The number of carbonyl (C=O) groups is 2. The quantitative estimate of drug-likeness (QED) is 0.712. The van der Waals surface area contributed by atoms with E-state index in [1.54, 1.807) is 37.2 Å². The molecule has 0 atom stereocenters. The third-order valence-electron chi connectivity index (χ3n) is 2.73. The van der Waals surface area contributed by atoms with Gasteiger partial charge in [-0.3, -0.25) is 9.69 Å². The van der Waals surface area contributed by atoms with Crippen molar-refractivity contribution in [3.63, 3.8) is 0 Å². The lowest BCUT2D eigenvalue weighted by Gasteiger charge is -2.30. The summed E-state index contributed by atoms with van der Waals surface area (Å²) in [6.45, 7) is 0.421. The molecule has 1 aliphatic heterocycles. The maximum atomic E-state index is 12.0. The highest BCUT2D eigenvalue weighted by Crippen LogP contribution is 2.30. The van der Waals surface area contributed by atoms with Crippen molar-refractivity contribution in [3.8, 4) is 0 Å². The van der Waals surface area contributed by atoms with Gasteiger partial charge in [-0.2, -0.15) is 0 Å². The second-order valence-electron chi connectivity index (χ2n) is 4.16. The van der Waals surface area contributed by atoms with Crippen molar-refractivity contribution < 1.29 is 9.59 Å². The van der Waals surface area contributed by atoms with Gasteiger partial charge in [0.25, 0.3) is 0 Å². The third-order valence-corrected chi connectivity index (χ3v) is 2.96. The van der Waals surface area contributed by atoms with E-state index in [9.17, 15) is 9.59 Å². The first-order chi connectivity index (χ1) is 8.00. The number of Topliss-reactive ketones (excluding diaryl/α,β-unsaturated/α-hetero) is 1. The summed E-state index contributed by atoms with van der Waals surface area (Å²) in [5.41, 5.74) is 1.17. The Morgan fingerprint density at radius 2 is 2.12 bits per heavy atom. The van der Waals surface area contributed by atoms with Gasteiger partial charge in [0.2, 0.25) is 0 Å². The second-order valence-corrected chi connectivity index (χ2v) is 4.60. The summed E-state index contributed by atoms with van der Waals surface area (Å²) in [6.07, 6.45) is 0.340. The summed E-state index contributed by atoms with van der Waals surface area (Å²) in [4.78, 5) is 26.8. The molecule has 0 radical (unpaired) electrons. The summed E-state index contributed by atoms with van der Waals surface area (Å²) < 4.78 is 0. The number of amides is 2. The lowest BCUT2D eigenvalue weighted by Crippen LogP contribution is -2.43. The number of hydrogen-bond donors (Lipinski definition) is 0. The summed E-state index contributed by atoms with van der Waals surface area (Å²) in [5.74, 6) is 0.0327. The molecule has 2 rings (SSSR count). The van der Waals surface area contributed by atoms with Gasteiger partial charge >= 0.3 is 6.03 Å². The number of urea groups is 1. The number of benzene rings is 1. The first-order valence-corrected chi connectivity index (χ1v) is 5.70. The number of carbonyl (C=O) groups excluding carboxylic acids is 2. The number of nitrogens with zero attached hydrogens (tertiary/aromatic N) is 2. The van der Waals surface area contributed by atoms with Gasteiger partial charge in [-0.05, 0) is 18.2 Å². The predicted molar refractivity (Wildman–Crippen MR) is 66.8 cm³/mol. The fourth-order valence-corrected chi connectivity index (χ4v) is 2.05. The number of hydrogen-bond acceptors (Lipinski definition) is 2. The van der Waals surface area contributed by atoms with Crippen molar-refractivity contribution in [1.82, 2.24) is 4.90 Å². The molecule has 1 aliphatic rings. The summed E-state index contributed by atoms with van der Waals surface area (Å²) in [7, 11) is 3.38. The lowest BCUT2D eigenvalue weighted by molar-refractivity contribution is 0.0980. The molecule has 1 aromatic carbocycles. The molecular formula is C12H13ClN2O2. The average Bonchev–Trinajstić information content (AvgIpc) is 2.29. The molecule has 0 saturated heterocycles. The second kappa shape index (κ2) is 4.37. The van der Waals surface area contributed by atoms with Gasteiger partial charge in [0.15, 0.2) is 5.78 Å². The Morgan fingerprint density at radius 3 is 2.76 bits per heavy atom. The molecule has 0 N–H and O–H groups in total. The minimum atomic E-state index is -0.124. The van der Waals surface area contributed by atoms with Crippen LogP contribution in [0.5, 0.6) is 0 Å². The lowest BCUT2D eigenvalue weighted by atomic mass is 10.0. The molecule has 5 heteroatoms. The van der Waals surface area contributed by atoms with E-state index in [0.717, 1.165) is 0 Å². The van der Waals surface area contributed by atoms with Gasteiger partial charge < -0.3 is 4.90 Å². The maximum Gasteiger partial charge on any atom is 0.323 e. The summed E-state index contributed by atoms with van der Waals surface area (Å²) in [5, 5.41) is 0.510. The molecule has 90 valence electrons. The van der Waals surface area contributed by atoms with Crippen LogP contribution in [0.3, 0.4) is 0 Å². The molecule has 0 fully saturated rings. The van der Waals surface area contributed by atoms with Crippen molar-refractivity contribution in [2.45, 2.75) is 6.42 Å². The molecular weight excluding hydrogens is 240 g/mol. The van der Waals surface area contributed by atoms with Crippen molar-refractivity contribution >= 4 is 29.1 Å². The SMILES string of the molecule is CN(C)C(=O)N1CCC(=O)c2cc(Cl)ccc21. The fourth-order valence-electron chi connectivity index (χ4n) is 1.88. The van der Waals surface area contributed by atoms with Gasteiger partial charge in [-0.25, -0.2) is 4.79 Å². The predicted octanol–water partition coefficient (Wildman–Crippen LogP) is 2.41. The highest BCUT2D eigenvalue weighted by molar-refractivity contribution is 6.31. The van der Waals surface area contributed by atoms with E-state index in [1.807, 2.05) is 0 Å². The zero-order valence-corrected chi connectivity index (χ0v) is 10.5. The van der Waals surface area contributed by atoms with Crippen molar-refractivity contribution in [2.75, 3.05) is 25.5 Å². The highest BCUT2D eigenvalue weighted by Gasteiger charge is 2.28. The van der Waals surface area contributed by atoms with Crippen LogP contribution in [0.25, 0.3) is 0 Å². The van der Waals surface area contributed by atoms with Crippen LogP contribution in [0.4, 0.5) is 10.5 Å². The maximum absolute atomic E-state index is 12.0. The van der Waals surface area contributed by atoms with Crippen LogP contribution >= 0.6 is 11.6 Å². The number of anilines is 1. The van der Waals surface area contributed by atoms with Crippen LogP contribution in [0.15, 0.2) is 18.2 Å². The van der Waals surface area contributed by atoms with Gasteiger partial charge in [-0.1, -0.05) is 11.6 Å². The standard InChI is InChI=1S/C12H13ClN2O2/c1-14(2)12(17)15-6-5-11(16)9-7-8(13)3-4-10(9)15/h3-4,7H,5-6H2,1-2H3. The van der Waals surface area contributed by atoms with E-state index in [0.29, 0.717) is 29.2 Å². The molecule has 0 unspecified atom stereocenters. The normalized spacial score (nSPS) is 14.5. The topological polar surface area (TPSA) is 40.6 Å². The average molecular weight is 253 g/mol. The van der Waals surface area contributed by atoms with Crippen LogP contribution < -0.4 is 4.90 Å². The Labute approximate surface area is 105 Å². The Morgan fingerprint density at radius 1 is 1.41 bits per heavy atom. The summed E-state index contributed by atoms with van der Waals surface area (Å²) >= 11 is 5.87. The number of halogens is 1. The molecule has 17 heavy (non-hydrogen) atoms. The largest absolute Gasteiger partial charge is 0.330 e. The molecule has 1 heterocycles. The van der Waals surface area contributed by atoms with Crippen LogP contribution in [-0.2, 0) is 0 Å². The third kappa shape index (κ3) is 2.13. The number of rotatable bonds is 0. The molecule has 0 saturated carbocycles. The molecule has 4 nitrogen and oxygen atoms in total. The number of ketones is 1. The van der Waals surface area contributed by atoms with E-state index in [1.165, 1.54) is 4.90 Å². The zero-order chi connectivity index (χ0) is 12.6. The Bertz CT molecular complexity index is 485. The van der Waals surface area contributed by atoms with Gasteiger partial charge in [0.05, 0.1) is 5.69 Å². The van der Waals surface area contributed by atoms with Gasteiger partial charge in [0.1, 0.15) is 0 Å². The Hall–Kier alpha value is -1.55. The highest BCUT2D eigenvalue weighted by atomic mass is 35.5. The molecule has 0 aliphatic carbocycles. The van der Waals surface area contributed by atoms with Crippen LogP contribution in [0.1, 0.15) is 16.8 Å².